The van der Waals surface area contributed by atoms with E-state index in [1.54, 1.807) is 45.0 Å². The molecule has 1 saturated heterocycles. The van der Waals surface area contributed by atoms with Crippen LogP contribution < -0.4 is 5.32 Å². The first kappa shape index (κ1) is 23.8. The molecule has 1 fully saturated rings. The summed E-state index contributed by atoms with van der Waals surface area (Å²) in [6, 6.07) is 6.09. The number of aromatic nitrogens is 1. The van der Waals surface area contributed by atoms with Gasteiger partial charge in [0.2, 0.25) is 5.78 Å². The molecule has 32 heavy (non-hydrogen) atoms. The van der Waals surface area contributed by atoms with Crippen molar-refractivity contribution < 1.29 is 23.9 Å². The first-order valence-electron chi connectivity index (χ1n) is 9.95. The zero-order chi connectivity index (χ0) is 23.8. The minimum absolute atomic E-state index is 0.375. The SMILES string of the molecule is CCC1(C)NC(=O)N(CC(=O)OCC(=O)c2cc(C)n(-c3cc(Cl)cc(Cl)c3)c2C)C1=O. The highest BCUT2D eigenvalue weighted by atomic mass is 35.5. The zero-order valence-electron chi connectivity index (χ0n) is 18.1. The number of hydrogen-bond acceptors (Lipinski definition) is 5. The number of imide groups is 1. The van der Waals surface area contributed by atoms with Crippen LogP contribution in [-0.2, 0) is 14.3 Å². The summed E-state index contributed by atoms with van der Waals surface area (Å²) < 4.78 is 6.88. The number of ketones is 1. The molecule has 3 amide bonds. The number of carbonyl (C=O) groups is 4. The van der Waals surface area contributed by atoms with Gasteiger partial charge in [-0.3, -0.25) is 19.3 Å². The molecule has 0 radical (unpaired) electrons. The fourth-order valence-corrected chi connectivity index (χ4v) is 4.15. The van der Waals surface area contributed by atoms with Crippen LogP contribution in [0.25, 0.3) is 5.69 Å². The molecule has 1 aromatic carbocycles. The number of benzene rings is 1. The molecule has 8 nitrogen and oxygen atoms in total. The van der Waals surface area contributed by atoms with Gasteiger partial charge in [-0.15, -0.1) is 0 Å². The van der Waals surface area contributed by atoms with Crippen LogP contribution in [0.4, 0.5) is 4.79 Å². The minimum Gasteiger partial charge on any atom is -0.456 e. The Kier molecular flexibility index (Phi) is 6.67. The number of nitrogens with one attached hydrogen (secondary N) is 1. The largest absolute Gasteiger partial charge is 0.456 e. The van der Waals surface area contributed by atoms with E-state index in [1.807, 2.05) is 11.5 Å². The van der Waals surface area contributed by atoms with Gasteiger partial charge >= 0.3 is 12.0 Å². The normalized spacial score (nSPS) is 18.1. The maximum Gasteiger partial charge on any atom is 0.326 e. The summed E-state index contributed by atoms with van der Waals surface area (Å²) in [5, 5.41) is 3.48. The van der Waals surface area contributed by atoms with Crippen molar-refractivity contribution in [1.29, 1.82) is 0 Å². The minimum atomic E-state index is -1.05. The molecule has 1 aliphatic heterocycles. The second-order valence-electron chi connectivity index (χ2n) is 7.84. The molecule has 1 aliphatic rings. The van der Waals surface area contributed by atoms with Gasteiger partial charge in [0.05, 0.1) is 0 Å². The van der Waals surface area contributed by atoms with E-state index in [0.717, 1.165) is 10.6 Å². The van der Waals surface area contributed by atoms with E-state index in [4.69, 9.17) is 27.9 Å². The quantitative estimate of drug-likeness (QED) is 0.369. The van der Waals surface area contributed by atoms with Crippen LogP contribution in [0.2, 0.25) is 10.0 Å². The molecule has 1 N–H and O–H groups in total. The van der Waals surface area contributed by atoms with Gasteiger partial charge < -0.3 is 14.6 Å². The Morgan fingerprint density at radius 3 is 2.28 bits per heavy atom. The number of aryl methyl sites for hydroxylation is 1. The van der Waals surface area contributed by atoms with Crippen LogP contribution in [0, 0.1) is 13.8 Å². The summed E-state index contributed by atoms with van der Waals surface area (Å²) in [5.74, 6) is -1.77. The van der Waals surface area contributed by atoms with Crippen LogP contribution in [0.15, 0.2) is 24.3 Å². The molecule has 10 heteroatoms. The summed E-state index contributed by atoms with van der Waals surface area (Å²) in [5.41, 5.74) is 1.43. The summed E-state index contributed by atoms with van der Waals surface area (Å²) in [4.78, 5) is 50.1. The van der Waals surface area contributed by atoms with Gasteiger partial charge in [-0.2, -0.15) is 0 Å². The van der Waals surface area contributed by atoms with Crippen molar-refractivity contribution in [3.63, 3.8) is 0 Å². The molecular formula is C22H23Cl2N3O5. The molecule has 2 heterocycles. The molecule has 0 bridgehead atoms. The molecule has 1 unspecified atom stereocenters. The number of amides is 3. The van der Waals surface area contributed by atoms with Crippen molar-refractivity contribution in [3.05, 3.63) is 51.3 Å². The van der Waals surface area contributed by atoms with Crippen molar-refractivity contribution in [1.82, 2.24) is 14.8 Å². The van der Waals surface area contributed by atoms with Crippen molar-refractivity contribution in [2.75, 3.05) is 13.2 Å². The number of urea groups is 1. The Morgan fingerprint density at radius 2 is 1.72 bits per heavy atom. The smallest absolute Gasteiger partial charge is 0.326 e. The second kappa shape index (κ2) is 8.96. The average Bonchev–Trinajstić information content (AvgIpc) is 3.13. The Hall–Kier alpha value is -2.84. The highest BCUT2D eigenvalue weighted by Crippen LogP contribution is 2.27. The topological polar surface area (TPSA) is 97.7 Å². The number of carbonyl (C=O) groups excluding carboxylic acids is 4. The Balaban J connectivity index is 1.69. The molecule has 3 rings (SSSR count). The summed E-state index contributed by atoms with van der Waals surface area (Å²) in [6.45, 7) is 5.85. The van der Waals surface area contributed by atoms with Crippen LogP contribution in [0.5, 0.6) is 0 Å². The monoisotopic (exact) mass is 479 g/mol. The van der Waals surface area contributed by atoms with Crippen LogP contribution >= 0.6 is 23.2 Å². The van der Waals surface area contributed by atoms with E-state index in [2.05, 4.69) is 5.32 Å². The van der Waals surface area contributed by atoms with E-state index >= 15 is 0 Å². The van der Waals surface area contributed by atoms with Gasteiger partial charge in [0.15, 0.2) is 6.61 Å². The lowest BCUT2D eigenvalue weighted by Crippen LogP contribution is -2.43. The predicted octanol–water partition coefficient (Wildman–Crippen LogP) is 3.85. The lowest BCUT2D eigenvalue weighted by Gasteiger charge is -2.18. The molecule has 0 spiro atoms. The number of nitrogens with zero attached hydrogens (tertiary/aromatic N) is 2. The number of rotatable bonds is 7. The van der Waals surface area contributed by atoms with Gasteiger partial charge in [0.1, 0.15) is 12.1 Å². The molecule has 2 aromatic rings. The van der Waals surface area contributed by atoms with Crippen LogP contribution in [0.1, 0.15) is 42.0 Å². The van der Waals surface area contributed by atoms with E-state index < -0.39 is 42.4 Å². The lowest BCUT2D eigenvalue weighted by atomic mass is 9.99. The number of Topliss-reactive ketones (excluding diaryl/α,β-unsaturated/α-hetero) is 1. The lowest BCUT2D eigenvalue weighted by molar-refractivity contribution is -0.146. The third-order valence-electron chi connectivity index (χ3n) is 5.54. The summed E-state index contributed by atoms with van der Waals surface area (Å²) in [7, 11) is 0. The van der Waals surface area contributed by atoms with Gasteiger partial charge in [0, 0.05) is 32.7 Å². The molecule has 170 valence electrons. The maximum absolute atomic E-state index is 12.7. The summed E-state index contributed by atoms with van der Waals surface area (Å²) >= 11 is 12.2. The number of hydrogen-bond donors (Lipinski definition) is 1. The van der Waals surface area contributed by atoms with Crippen molar-refractivity contribution in [3.8, 4) is 5.69 Å². The fourth-order valence-electron chi connectivity index (χ4n) is 3.64. The van der Waals surface area contributed by atoms with Gasteiger partial charge in [-0.1, -0.05) is 30.1 Å². The molecular weight excluding hydrogens is 457 g/mol. The number of ether oxygens (including phenoxy) is 1. The third-order valence-corrected chi connectivity index (χ3v) is 5.98. The standard InChI is InChI=1S/C22H23Cl2N3O5/c1-5-22(4)20(30)26(21(31)25-22)10-19(29)32-11-18(28)17-6-12(2)27(13(17)3)16-8-14(23)7-15(24)9-16/h6-9H,5,10-11H2,1-4H3,(H,25,31). The number of esters is 1. The Morgan fingerprint density at radius 1 is 1.09 bits per heavy atom. The second-order valence-corrected chi connectivity index (χ2v) is 8.71. The van der Waals surface area contributed by atoms with E-state index in [1.165, 1.54) is 0 Å². The highest BCUT2D eigenvalue weighted by Gasteiger charge is 2.47. The maximum atomic E-state index is 12.7. The van der Waals surface area contributed by atoms with Crippen LogP contribution in [0.3, 0.4) is 0 Å². The first-order valence-corrected chi connectivity index (χ1v) is 10.7. The van der Waals surface area contributed by atoms with Crippen molar-refractivity contribution in [2.45, 2.75) is 39.7 Å². The Bertz CT molecular complexity index is 1110. The predicted molar refractivity (Wildman–Crippen MR) is 119 cm³/mol. The molecule has 0 aliphatic carbocycles. The number of halogens is 2. The van der Waals surface area contributed by atoms with Crippen molar-refractivity contribution in [2.24, 2.45) is 0 Å². The first-order chi connectivity index (χ1) is 15.0. The van der Waals surface area contributed by atoms with Gasteiger partial charge in [-0.05, 0) is 51.5 Å². The van der Waals surface area contributed by atoms with E-state index in [9.17, 15) is 19.2 Å². The molecule has 1 aromatic heterocycles. The van der Waals surface area contributed by atoms with Gasteiger partial charge in [-0.25, -0.2) is 4.79 Å². The van der Waals surface area contributed by atoms with Gasteiger partial charge in [0.25, 0.3) is 5.91 Å². The zero-order valence-corrected chi connectivity index (χ0v) is 19.6. The summed E-state index contributed by atoms with van der Waals surface area (Å²) in [6.07, 6.45) is 0.384. The van der Waals surface area contributed by atoms with Crippen LogP contribution in [-0.4, -0.2) is 51.8 Å². The molecule has 0 saturated carbocycles. The van der Waals surface area contributed by atoms with Crippen molar-refractivity contribution >= 4 is 46.9 Å². The van der Waals surface area contributed by atoms with E-state index in [0.29, 0.717) is 33.4 Å². The average molecular weight is 480 g/mol. The molecule has 1 atom stereocenters. The van der Waals surface area contributed by atoms with E-state index in [-0.39, 0.29) is 0 Å². The highest BCUT2D eigenvalue weighted by molar-refractivity contribution is 6.34. The third kappa shape index (κ3) is 4.52. The fraction of sp³-hybridized carbons (Fsp3) is 0.364. The Labute approximate surface area is 195 Å².